The number of rotatable bonds is 1. The summed E-state index contributed by atoms with van der Waals surface area (Å²) in [6.45, 7) is 15.1. The number of nitrogens with zero attached hydrogens (tertiary/aromatic N) is 1. The van der Waals surface area contributed by atoms with Gasteiger partial charge in [0, 0.05) is 23.6 Å². The van der Waals surface area contributed by atoms with E-state index in [1.54, 1.807) is 6.92 Å². The SMILES string of the molecule is CC(=O)NC1(C)CCC2(C)CC1(C)C(C)=NC2(C)C.O=S(=O)(O)O. The van der Waals surface area contributed by atoms with E-state index in [1.807, 2.05) is 0 Å². The van der Waals surface area contributed by atoms with Crippen molar-refractivity contribution in [3.05, 3.63) is 0 Å². The first-order valence-electron chi connectivity index (χ1n) is 8.01. The van der Waals surface area contributed by atoms with Crippen molar-refractivity contribution >= 4 is 22.0 Å². The van der Waals surface area contributed by atoms with Crippen LogP contribution in [0, 0.1) is 10.8 Å². The highest BCUT2D eigenvalue weighted by Gasteiger charge is 2.61. The molecule has 2 aliphatic rings. The van der Waals surface area contributed by atoms with Crippen molar-refractivity contribution in [3.8, 4) is 0 Å². The minimum atomic E-state index is -4.67. The molecule has 1 fully saturated rings. The zero-order valence-electron chi connectivity index (χ0n) is 15.6. The second kappa shape index (κ2) is 6.07. The maximum atomic E-state index is 11.6. The van der Waals surface area contributed by atoms with E-state index < -0.39 is 10.4 Å². The first-order chi connectivity index (χ1) is 10.5. The van der Waals surface area contributed by atoms with Gasteiger partial charge in [0.15, 0.2) is 0 Å². The molecule has 0 aromatic carbocycles. The summed E-state index contributed by atoms with van der Waals surface area (Å²) < 4.78 is 31.6. The highest BCUT2D eigenvalue weighted by molar-refractivity contribution is 7.79. The number of amides is 1. The lowest BCUT2D eigenvalue weighted by atomic mass is 9.48. The smallest absolute Gasteiger partial charge is 0.350 e. The Balaban J connectivity index is 0.000000505. The van der Waals surface area contributed by atoms with Gasteiger partial charge in [-0.3, -0.25) is 18.9 Å². The molecule has 2 bridgehead atoms. The molecule has 140 valence electrons. The van der Waals surface area contributed by atoms with E-state index in [9.17, 15) is 4.79 Å². The topological polar surface area (TPSA) is 116 Å². The molecule has 1 aliphatic carbocycles. The molecule has 0 radical (unpaired) electrons. The molecule has 8 heteroatoms. The predicted octanol–water partition coefficient (Wildman–Crippen LogP) is 2.68. The molecule has 3 N–H and O–H groups in total. The molecule has 0 saturated heterocycles. The van der Waals surface area contributed by atoms with Crippen LogP contribution in [0.25, 0.3) is 0 Å². The van der Waals surface area contributed by atoms with E-state index in [2.05, 4.69) is 46.9 Å². The zero-order chi connectivity index (χ0) is 19.2. The summed E-state index contributed by atoms with van der Waals surface area (Å²) in [5.74, 6) is 0.0601. The minimum absolute atomic E-state index is 0.00581. The maximum absolute atomic E-state index is 11.6. The Morgan fingerprint density at radius 1 is 1.12 bits per heavy atom. The number of carbonyl (C=O) groups is 1. The van der Waals surface area contributed by atoms with Crippen LogP contribution >= 0.6 is 0 Å². The summed E-state index contributed by atoms with van der Waals surface area (Å²) >= 11 is 0. The van der Waals surface area contributed by atoms with Gasteiger partial charge in [-0.2, -0.15) is 8.42 Å². The summed E-state index contributed by atoms with van der Waals surface area (Å²) in [5.41, 5.74) is 1.18. The number of carbonyl (C=O) groups excluding carboxylic acids is 1. The summed E-state index contributed by atoms with van der Waals surface area (Å²) in [6, 6.07) is 0. The van der Waals surface area contributed by atoms with Crippen molar-refractivity contribution in [1.29, 1.82) is 0 Å². The molecular formula is C16H30N2O5S. The van der Waals surface area contributed by atoms with Crippen LogP contribution in [0.5, 0.6) is 0 Å². The van der Waals surface area contributed by atoms with Gasteiger partial charge in [0.2, 0.25) is 5.91 Å². The van der Waals surface area contributed by atoms with Gasteiger partial charge in [0.05, 0.1) is 5.54 Å². The van der Waals surface area contributed by atoms with Crippen LogP contribution < -0.4 is 5.32 Å². The van der Waals surface area contributed by atoms with Crippen molar-refractivity contribution in [3.63, 3.8) is 0 Å². The normalized spacial score (nSPS) is 37.6. The molecule has 1 amide bonds. The van der Waals surface area contributed by atoms with Gasteiger partial charge in [-0.15, -0.1) is 0 Å². The maximum Gasteiger partial charge on any atom is 0.394 e. The Morgan fingerprint density at radius 3 is 2.00 bits per heavy atom. The lowest BCUT2D eigenvalue weighted by Crippen LogP contribution is -2.68. The summed E-state index contributed by atoms with van der Waals surface area (Å²) in [4.78, 5) is 16.6. The number of fused-ring (bicyclic) bond motifs is 2. The fourth-order valence-corrected chi connectivity index (χ4v) is 4.18. The lowest BCUT2D eigenvalue weighted by Gasteiger charge is -2.62. The highest BCUT2D eigenvalue weighted by atomic mass is 32.3. The second-order valence-electron chi connectivity index (χ2n) is 8.29. The molecule has 3 unspecified atom stereocenters. The third-order valence-corrected chi connectivity index (χ3v) is 6.31. The van der Waals surface area contributed by atoms with Crippen molar-refractivity contribution in [1.82, 2.24) is 5.32 Å². The van der Waals surface area contributed by atoms with E-state index in [0.29, 0.717) is 0 Å². The summed E-state index contributed by atoms with van der Waals surface area (Å²) in [7, 11) is -4.67. The van der Waals surface area contributed by atoms with Gasteiger partial charge in [-0.05, 0) is 52.4 Å². The van der Waals surface area contributed by atoms with Crippen molar-refractivity contribution in [2.45, 2.75) is 78.8 Å². The molecule has 0 aromatic rings. The third kappa shape index (κ3) is 3.97. The van der Waals surface area contributed by atoms with Crippen LogP contribution in [0.1, 0.15) is 67.7 Å². The Kier molecular flexibility index (Phi) is 5.32. The molecule has 1 saturated carbocycles. The minimum Gasteiger partial charge on any atom is -0.350 e. The van der Waals surface area contributed by atoms with Gasteiger partial charge >= 0.3 is 10.4 Å². The van der Waals surface area contributed by atoms with Crippen LogP contribution in [0.2, 0.25) is 0 Å². The van der Waals surface area contributed by atoms with Crippen LogP contribution in [-0.4, -0.2) is 40.2 Å². The van der Waals surface area contributed by atoms with Gasteiger partial charge in [0.1, 0.15) is 0 Å². The van der Waals surface area contributed by atoms with Crippen LogP contribution in [-0.2, 0) is 15.2 Å². The number of nitrogens with one attached hydrogen (secondary N) is 1. The van der Waals surface area contributed by atoms with Crippen molar-refractivity contribution in [2.75, 3.05) is 0 Å². The van der Waals surface area contributed by atoms with Gasteiger partial charge in [-0.25, -0.2) is 0 Å². The van der Waals surface area contributed by atoms with E-state index in [1.165, 1.54) is 5.71 Å². The molecule has 0 spiro atoms. The molecule has 1 aliphatic heterocycles. The highest BCUT2D eigenvalue weighted by Crippen LogP contribution is 2.60. The van der Waals surface area contributed by atoms with Crippen LogP contribution in [0.15, 0.2) is 4.99 Å². The zero-order valence-corrected chi connectivity index (χ0v) is 16.4. The number of hydrogen-bond acceptors (Lipinski definition) is 4. The molecule has 24 heavy (non-hydrogen) atoms. The van der Waals surface area contributed by atoms with Crippen molar-refractivity contribution < 1.29 is 22.3 Å². The molecule has 7 nitrogen and oxygen atoms in total. The largest absolute Gasteiger partial charge is 0.394 e. The van der Waals surface area contributed by atoms with E-state index in [0.717, 1.165) is 19.3 Å². The molecular weight excluding hydrogens is 332 g/mol. The quantitative estimate of drug-likeness (QED) is 0.620. The average Bonchev–Trinajstić information content (AvgIpc) is 2.30. The fraction of sp³-hybridized carbons (Fsp3) is 0.875. The summed E-state index contributed by atoms with van der Waals surface area (Å²) in [6.07, 6.45) is 3.23. The fourth-order valence-electron chi connectivity index (χ4n) is 4.18. The Bertz CT molecular complexity index is 649. The molecule has 1 heterocycles. The van der Waals surface area contributed by atoms with E-state index in [4.69, 9.17) is 22.5 Å². The monoisotopic (exact) mass is 362 g/mol. The Morgan fingerprint density at radius 2 is 1.58 bits per heavy atom. The molecule has 2 rings (SSSR count). The van der Waals surface area contributed by atoms with Gasteiger partial charge in [0.25, 0.3) is 0 Å². The van der Waals surface area contributed by atoms with Gasteiger partial charge < -0.3 is 5.32 Å². The standard InChI is InChI=1S/C16H28N2O.H2O4S/c1-11-15(6)10-14(5,13(3,4)17-11)8-9-16(15,7)18-12(2)19;1-5(2,3)4/h8-10H2,1-7H3,(H,18,19);(H2,1,2,3,4). The third-order valence-electron chi connectivity index (χ3n) is 6.31. The molecule has 0 aromatic heterocycles. The molecule has 3 atom stereocenters. The second-order valence-corrected chi connectivity index (χ2v) is 9.18. The Labute approximate surface area is 144 Å². The van der Waals surface area contributed by atoms with E-state index >= 15 is 0 Å². The Hall–Kier alpha value is -0.990. The average molecular weight is 362 g/mol. The van der Waals surface area contributed by atoms with Crippen LogP contribution in [0.4, 0.5) is 0 Å². The number of hydrogen-bond donors (Lipinski definition) is 3. The first-order valence-corrected chi connectivity index (χ1v) is 9.41. The lowest BCUT2D eigenvalue weighted by molar-refractivity contribution is -0.124. The van der Waals surface area contributed by atoms with Gasteiger partial charge in [-0.1, -0.05) is 13.8 Å². The van der Waals surface area contributed by atoms with Crippen LogP contribution in [0.3, 0.4) is 0 Å². The predicted molar refractivity (Wildman–Crippen MR) is 93.7 cm³/mol. The summed E-state index contributed by atoms with van der Waals surface area (Å²) in [5, 5.41) is 3.21. The van der Waals surface area contributed by atoms with Crippen molar-refractivity contribution in [2.24, 2.45) is 15.8 Å². The number of aliphatic imine (C=N–C) groups is 1. The first kappa shape index (κ1) is 21.1. The van der Waals surface area contributed by atoms with E-state index in [-0.39, 0.29) is 27.8 Å².